The number of rotatable bonds is 5. The van der Waals surface area contributed by atoms with Gasteiger partial charge in [-0.25, -0.2) is 0 Å². The fourth-order valence-electron chi connectivity index (χ4n) is 2.49. The zero-order valence-corrected chi connectivity index (χ0v) is 11.9. The van der Waals surface area contributed by atoms with Gasteiger partial charge < -0.3 is 14.5 Å². The molecule has 0 spiro atoms. The van der Waals surface area contributed by atoms with E-state index in [1.54, 1.807) is 6.07 Å². The molecule has 0 bridgehead atoms. The molecular weight excluding hydrogens is 254 g/mol. The first-order valence-corrected chi connectivity index (χ1v) is 7.20. The highest BCUT2D eigenvalue weighted by Gasteiger charge is 2.26. The summed E-state index contributed by atoms with van der Waals surface area (Å²) in [6, 6.07) is 5.38. The molecule has 0 amide bonds. The van der Waals surface area contributed by atoms with Gasteiger partial charge in [0.1, 0.15) is 11.5 Å². The number of hydrogen-bond acceptors (Lipinski definition) is 3. The van der Waals surface area contributed by atoms with Gasteiger partial charge in [0, 0.05) is 11.8 Å². The first kappa shape index (κ1) is 13.0. The minimum Gasteiger partial charge on any atom is -0.493 e. The van der Waals surface area contributed by atoms with Crippen LogP contribution in [0.25, 0.3) is 10.9 Å². The molecule has 2 aromatic rings. The summed E-state index contributed by atoms with van der Waals surface area (Å²) in [5.41, 5.74) is 1.77. The monoisotopic (exact) mass is 273 g/mol. The molecule has 4 nitrogen and oxygen atoms in total. The van der Waals surface area contributed by atoms with E-state index in [1.165, 1.54) is 0 Å². The Morgan fingerprint density at radius 1 is 1.15 bits per heavy atom. The van der Waals surface area contributed by atoms with Gasteiger partial charge in [0.2, 0.25) is 0 Å². The van der Waals surface area contributed by atoms with Crippen molar-refractivity contribution in [2.75, 3.05) is 13.2 Å². The van der Waals surface area contributed by atoms with Crippen molar-refractivity contribution in [1.29, 1.82) is 0 Å². The number of nitrogens with one attached hydrogen (secondary N) is 1. The third-order valence-electron chi connectivity index (χ3n) is 3.55. The molecule has 0 unspecified atom stereocenters. The summed E-state index contributed by atoms with van der Waals surface area (Å²) < 4.78 is 11.2. The van der Waals surface area contributed by atoms with Gasteiger partial charge in [0.15, 0.2) is 5.43 Å². The van der Waals surface area contributed by atoms with Crippen LogP contribution in [0.3, 0.4) is 0 Å². The second kappa shape index (κ2) is 5.19. The van der Waals surface area contributed by atoms with E-state index in [0.717, 1.165) is 24.1 Å². The summed E-state index contributed by atoms with van der Waals surface area (Å²) in [7, 11) is 0. The molecule has 20 heavy (non-hydrogen) atoms. The van der Waals surface area contributed by atoms with Gasteiger partial charge in [-0.2, -0.15) is 0 Å². The summed E-state index contributed by atoms with van der Waals surface area (Å²) in [6.07, 6.45) is 2.30. The van der Waals surface area contributed by atoms with Crippen LogP contribution in [0, 0.1) is 0 Å². The van der Waals surface area contributed by atoms with E-state index >= 15 is 0 Å². The minimum atomic E-state index is 0.00523. The SMILES string of the molecule is CCOc1ccc(OCC)c2c(=O)cc(C3CC3)[nH]c12. The van der Waals surface area contributed by atoms with E-state index in [9.17, 15) is 4.79 Å². The molecule has 1 aromatic heterocycles. The standard InChI is InChI=1S/C16H19NO3/c1-3-19-13-7-8-14(20-4-2)16-15(13)12(18)9-11(17-16)10-5-6-10/h7-10H,3-6H2,1-2H3,(H,17,18). The van der Waals surface area contributed by atoms with Crippen LogP contribution in [0.2, 0.25) is 0 Å². The Bertz CT molecular complexity index is 686. The van der Waals surface area contributed by atoms with Crippen LogP contribution in [-0.4, -0.2) is 18.2 Å². The molecule has 3 rings (SSSR count). The number of pyridine rings is 1. The Morgan fingerprint density at radius 2 is 1.80 bits per heavy atom. The van der Waals surface area contributed by atoms with E-state index in [4.69, 9.17) is 9.47 Å². The van der Waals surface area contributed by atoms with Crippen molar-refractivity contribution in [3.05, 3.63) is 34.1 Å². The maximum Gasteiger partial charge on any atom is 0.193 e. The largest absolute Gasteiger partial charge is 0.493 e. The molecule has 0 atom stereocenters. The molecular formula is C16H19NO3. The highest BCUT2D eigenvalue weighted by atomic mass is 16.5. The highest BCUT2D eigenvalue weighted by molar-refractivity contribution is 5.90. The fourth-order valence-corrected chi connectivity index (χ4v) is 2.49. The van der Waals surface area contributed by atoms with E-state index < -0.39 is 0 Å². The normalized spacial score (nSPS) is 14.5. The van der Waals surface area contributed by atoms with Crippen molar-refractivity contribution in [2.45, 2.75) is 32.6 Å². The lowest BCUT2D eigenvalue weighted by atomic mass is 10.1. The van der Waals surface area contributed by atoms with E-state index in [0.29, 0.717) is 36.0 Å². The van der Waals surface area contributed by atoms with Crippen molar-refractivity contribution in [3.63, 3.8) is 0 Å². The van der Waals surface area contributed by atoms with Crippen molar-refractivity contribution in [1.82, 2.24) is 4.98 Å². The van der Waals surface area contributed by atoms with Gasteiger partial charge in [0.05, 0.1) is 24.1 Å². The maximum atomic E-state index is 12.4. The summed E-state index contributed by atoms with van der Waals surface area (Å²) in [5.74, 6) is 1.83. The predicted molar refractivity (Wildman–Crippen MR) is 78.9 cm³/mol. The Labute approximate surface area is 117 Å². The molecule has 4 heteroatoms. The Morgan fingerprint density at radius 3 is 2.45 bits per heavy atom. The van der Waals surface area contributed by atoms with Crippen LogP contribution in [0.15, 0.2) is 23.0 Å². The van der Waals surface area contributed by atoms with E-state index in [1.807, 2.05) is 26.0 Å². The Hall–Kier alpha value is -1.97. The number of hydrogen-bond donors (Lipinski definition) is 1. The fraction of sp³-hybridized carbons (Fsp3) is 0.438. The van der Waals surface area contributed by atoms with Crippen LogP contribution >= 0.6 is 0 Å². The van der Waals surface area contributed by atoms with Crippen LogP contribution in [-0.2, 0) is 0 Å². The van der Waals surface area contributed by atoms with Crippen LogP contribution in [0.1, 0.15) is 38.3 Å². The molecule has 0 radical (unpaired) electrons. The second-order valence-corrected chi connectivity index (χ2v) is 5.04. The molecule has 1 aliphatic carbocycles. The van der Waals surface area contributed by atoms with E-state index in [-0.39, 0.29) is 5.43 Å². The van der Waals surface area contributed by atoms with Crippen molar-refractivity contribution in [3.8, 4) is 11.5 Å². The lowest BCUT2D eigenvalue weighted by Crippen LogP contribution is -2.08. The zero-order valence-electron chi connectivity index (χ0n) is 11.9. The summed E-state index contributed by atoms with van der Waals surface area (Å²) in [5, 5.41) is 0.585. The first-order chi connectivity index (χ1) is 9.74. The van der Waals surface area contributed by atoms with Gasteiger partial charge in [-0.1, -0.05) is 0 Å². The number of ether oxygens (including phenoxy) is 2. The van der Waals surface area contributed by atoms with Crippen LogP contribution in [0.5, 0.6) is 11.5 Å². The van der Waals surface area contributed by atoms with Gasteiger partial charge >= 0.3 is 0 Å². The molecule has 1 aromatic carbocycles. The Balaban J connectivity index is 2.25. The molecule has 1 aliphatic rings. The van der Waals surface area contributed by atoms with E-state index in [2.05, 4.69) is 4.98 Å². The number of aromatic amines is 1. The maximum absolute atomic E-state index is 12.4. The summed E-state index contributed by atoms with van der Waals surface area (Å²) in [4.78, 5) is 15.8. The molecule has 1 heterocycles. The van der Waals surface area contributed by atoms with Crippen molar-refractivity contribution < 1.29 is 9.47 Å². The lowest BCUT2D eigenvalue weighted by Gasteiger charge is -2.12. The van der Waals surface area contributed by atoms with Crippen molar-refractivity contribution >= 4 is 10.9 Å². The molecule has 106 valence electrons. The third kappa shape index (κ3) is 2.26. The molecule has 1 fully saturated rings. The van der Waals surface area contributed by atoms with Gasteiger partial charge in [-0.3, -0.25) is 4.79 Å². The quantitative estimate of drug-likeness (QED) is 0.910. The third-order valence-corrected chi connectivity index (χ3v) is 3.55. The average molecular weight is 273 g/mol. The number of benzene rings is 1. The van der Waals surface area contributed by atoms with Crippen LogP contribution < -0.4 is 14.9 Å². The number of aromatic nitrogens is 1. The topological polar surface area (TPSA) is 51.3 Å². The lowest BCUT2D eigenvalue weighted by molar-refractivity contribution is 0.336. The van der Waals surface area contributed by atoms with Crippen LogP contribution in [0.4, 0.5) is 0 Å². The second-order valence-electron chi connectivity index (χ2n) is 5.04. The molecule has 1 N–H and O–H groups in total. The van der Waals surface area contributed by atoms with Gasteiger partial charge in [-0.05, 0) is 44.7 Å². The number of H-pyrrole nitrogens is 1. The zero-order chi connectivity index (χ0) is 14.1. The minimum absolute atomic E-state index is 0.00523. The average Bonchev–Trinajstić information content (AvgIpc) is 3.26. The molecule has 0 saturated heterocycles. The first-order valence-electron chi connectivity index (χ1n) is 7.20. The summed E-state index contributed by atoms with van der Waals surface area (Å²) in [6.45, 7) is 4.95. The molecule has 1 saturated carbocycles. The predicted octanol–water partition coefficient (Wildman–Crippen LogP) is 3.20. The highest BCUT2D eigenvalue weighted by Crippen LogP contribution is 2.40. The Kier molecular flexibility index (Phi) is 3.38. The smallest absolute Gasteiger partial charge is 0.193 e. The van der Waals surface area contributed by atoms with Crippen molar-refractivity contribution in [2.24, 2.45) is 0 Å². The van der Waals surface area contributed by atoms with Gasteiger partial charge in [-0.15, -0.1) is 0 Å². The molecule has 0 aliphatic heterocycles. The number of fused-ring (bicyclic) bond motifs is 1. The summed E-state index contributed by atoms with van der Waals surface area (Å²) >= 11 is 0. The van der Waals surface area contributed by atoms with Gasteiger partial charge in [0.25, 0.3) is 0 Å².